The minimum atomic E-state index is -0.946. The van der Waals surface area contributed by atoms with E-state index in [0.717, 1.165) is 50.3 Å². The van der Waals surface area contributed by atoms with Crippen molar-refractivity contribution in [2.45, 2.75) is 57.3 Å². The molecule has 1 aromatic carbocycles. The first-order valence-electron chi connectivity index (χ1n) is 11.3. The number of piperidine rings is 1. The Labute approximate surface area is 188 Å². The molecule has 1 aromatic heterocycles. The van der Waals surface area contributed by atoms with Crippen molar-refractivity contribution in [2.24, 2.45) is 0 Å². The summed E-state index contributed by atoms with van der Waals surface area (Å²) in [5, 5.41) is 0. The minimum Gasteiger partial charge on any atom is -0.466 e. The largest absolute Gasteiger partial charge is 0.466 e. The fraction of sp³-hybridized carbons (Fsp3) is 0.542. The summed E-state index contributed by atoms with van der Waals surface area (Å²) in [6, 6.07) is 11.9. The average molecular weight is 442 g/mol. The summed E-state index contributed by atoms with van der Waals surface area (Å²) in [5.41, 5.74) is 0.0732. The first-order valence-corrected chi connectivity index (χ1v) is 11.3. The van der Waals surface area contributed by atoms with Gasteiger partial charge in [0.15, 0.2) is 0 Å². The highest BCUT2D eigenvalue weighted by Crippen LogP contribution is 2.41. The molecule has 32 heavy (non-hydrogen) atoms. The molecule has 0 radical (unpaired) electrons. The Morgan fingerprint density at radius 2 is 1.91 bits per heavy atom. The number of carbonyl (C=O) groups is 1. The van der Waals surface area contributed by atoms with Crippen molar-refractivity contribution >= 4 is 11.8 Å². The van der Waals surface area contributed by atoms with Crippen molar-refractivity contribution in [2.75, 3.05) is 31.7 Å². The van der Waals surface area contributed by atoms with E-state index < -0.39 is 5.60 Å². The van der Waals surface area contributed by atoms with Crippen LogP contribution in [-0.4, -0.2) is 54.4 Å². The molecule has 4 rings (SSSR count). The number of hydrogen-bond acceptors (Lipinski definition) is 8. The molecule has 2 fully saturated rings. The highest BCUT2D eigenvalue weighted by atomic mass is 16.6. The molecule has 2 aromatic rings. The van der Waals surface area contributed by atoms with Gasteiger partial charge in [0, 0.05) is 38.6 Å². The van der Waals surface area contributed by atoms with E-state index in [1.54, 1.807) is 6.07 Å². The van der Waals surface area contributed by atoms with Gasteiger partial charge in [-0.2, -0.15) is 9.97 Å². The monoisotopic (exact) mass is 441 g/mol. The predicted molar refractivity (Wildman–Crippen MR) is 119 cm³/mol. The van der Waals surface area contributed by atoms with Gasteiger partial charge in [0.2, 0.25) is 11.5 Å². The predicted octanol–water partition coefficient (Wildman–Crippen LogP) is 3.54. The molecule has 2 aliphatic rings. The first kappa shape index (κ1) is 22.3. The molecule has 0 atom stereocenters. The number of aromatic nitrogens is 2. The summed E-state index contributed by atoms with van der Waals surface area (Å²) in [6.45, 7) is 4.91. The van der Waals surface area contributed by atoms with Crippen LogP contribution in [-0.2, 0) is 20.9 Å². The molecule has 0 spiro atoms. The first-order chi connectivity index (χ1) is 15.6. The molecule has 0 bridgehead atoms. The van der Waals surface area contributed by atoms with Gasteiger partial charge in [0.25, 0.3) is 0 Å². The van der Waals surface area contributed by atoms with Crippen LogP contribution >= 0.6 is 0 Å². The van der Waals surface area contributed by atoms with Gasteiger partial charge in [-0.3, -0.25) is 0 Å². The topological polar surface area (TPSA) is 83.0 Å². The third-order valence-electron chi connectivity index (χ3n) is 5.76. The zero-order valence-corrected chi connectivity index (χ0v) is 18.8. The maximum Gasteiger partial charge on any atom is 0.350 e. The Hall–Kier alpha value is -2.87. The number of nitrogens with zero attached hydrogens (tertiary/aromatic N) is 3. The van der Waals surface area contributed by atoms with Crippen molar-refractivity contribution in [1.82, 2.24) is 9.97 Å². The van der Waals surface area contributed by atoms with Crippen LogP contribution in [0.15, 0.2) is 36.4 Å². The number of rotatable bonds is 10. The van der Waals surface area contributed by atoms with Crippen LogP contribution in [0.2, 0.25) is 0 Å². The zero-order valence-electron chi connectivity index (χ0n) is 18.8. The van der Waals surface area contributed by atoms with E-state index in [-0.39, 0.29) is 18.1 Å². The zero-order chi connectivity index (χ0) is 22.4. The van der Waals surface area contributed by atoms with Gasteiger partial charge < -0.3 is 23.8 Å². The number of anilines is 1. The number of esters is 1. The molecule has 1 aliphatic heterocycles. The van der Waals surface area contributed by atoms with Crippen LogP contribution in [0, 0.1) is 0 Å². The SMILES string of the molecule is CCCOC1CCN(c2cc(OC3(C(=O)OC)CC3)nc(OCc3ccccc3)n2)CC1. The highest BCUT2D eigenvalue weighted by Gasteiger charge is 2.54. The minimum absolute atomic E-state index is 0.228. The summed E-state index contributed by atoms with van der Waals surface area (Å²) in [7, 11) is 1.37. The van der Waals surface area contributed by atoms with Gasteiger partial charge >= 0.3 is 12.0 Å². The Morgan fingerprint density at radius 3 is 2.56 bits per heavy atom. The Balaban J connectivity index is 1.50. The van der Waals surface area contributed by atoms with Crippen molar-refractivity contribution in [3.8, 4) is 11.9 Å². The molecule has 1 saturated heterocycles. The Morgan fingerprint density at radius 1 is 1.16 bits per heavy atom. The molecule has 8 nitrogen and oxygen atoms in total. The highest BCUT2D eigenvalue weighted by molar-refractivity contribution is 5.83. The quantitative estimate of drug-likeness (QED) is 0.518. The standard InChI is InChI=1S/C24H31N3O5/c1-3-15-30-19-9-13-27(14-10-19)20-16-21(32-24(11-12-24)22(28)29-2)26-23(25-20)31-17-18-7-5-4-6-8-18/h4-8,16,19H,3,9-15,17H2,1-2H3. The molecular formula is C24H31N3O5. The van der Waals surface area contributed by atoms with Crippen LogP contribution in [0.5, 0.6) is 11.9 Å². The maximum absolute atomic E-state index is 12.2. The van der Waals surface area contributed by atoms with Crippen LogP contribution in [0.25, 0.3) is 0 Å². The van der Waals surface area contributed by atoms with Crippen LogP contribution in [0.4, 0.5) is 5.82 Å². The van der Waals surface area contributed by atoms with Gasteiger partial charge in [0.1, 0.15) is 12.4 Å². The summed E-state index contributed by atoms with van der Waals surface area (Å²) in [4.78, 5) is 23.4. The molecule has 1 aliphatic carbocycles. The number of ether oxygens (including phenoxy) is 4. The molecule has 0 amide bonds. The number of carbonyl (C=O) groups excluding carboxylic acids is 1. The second-order valence-electron chi connectivity index (χ2n) is 8.27. The fourth-order valence-corrected chi connectivity index (χ4v) is 3.78. The molecule has 2 heterocycles. The lowest BCUT2D eigenvalue weighted by Gasteiger charge is -2.33. The van der Waals surface area contributed by atoms with Gasteiger partial charge in [-0.1, -0.05) is 37.3 Å². The normalized spacial score (nSPS) is 17.6. The molecule has 8 heteroatoms. The second kappa shape index (κ2) is 10.2. The summed E-state index contributed by atoms with van der Waals surface area (Å²) < 4.78 is 22.7. The molecule has 0 unspecified atom stereocenters. The summed E-state index contributed by atoms with van der Waals surface area (Å²) in [5.74, 6) is 0.677. The van der Waals surface area contributed by atoms with E-state index in [9.17, 15) is 4.79 Å². The molecule has 172 valence electrons. The van der Waals surface area contributed by atoms with Gasteiger partial charge in [0.05, 0.1) is 13.2 Å². The molecular weight excluding hydrogens is 410 g/mol. The summed E-state index contributed by atoms with van der Waals surface area (Å²) in [6.07, 6.45) is 4.40. The fourth-order valence-electron chi connectivity index (χ4n) is 3.78. The number of benzene rings is 1. The van der Waals surface area contributed by atoms with Crippen molar-refractivity contribution < 1.29 is 23.7 Å². The van der Waals surface area contributed by atoms with Gasteiger partial charge in [-0.05, 0) is 24.8 Å². The average Bonchev–Trinajstić information content (AvgIpc) is 3.62. The van der Waals surface area contributed by atoms with E-state index in [1.165, 1.54) is 7.11 Å². The lowest BCUT2D eigenvalue weighted by molar-refractivity contribution is -0.151. The smallest absolute Gasteiger partial charge is 0.350 e. The number of methoxy groups -OCH3 is 1. The third kappa shape index (κ3) is 5.48. The van der Waals surface area contributed by atoms with Crippen molar-refractivity contribution in [3.63, 3.8) is 0 Å². The Kier molecular flexibility index (Phi) is 7.09. The lowest BCUT2D eigenvalue weighted by atomic mass is 10.1. The maximum atomic E-state index is 12.2. The van der Waals surface area contributed by atoms with Gasteiger partial charge in [-0.15, -0.1) is 0 Å². The van der Waals surface area contributed by atoms with E-state index in [1.807, 2.05) is 30.3 Å². The van der Waals surface area contributed by atoms with E-state index >= 15 is 0 Å². The van der Waals surface area contributed by atoms with Crippen LogP contribution in [0.1, 0.15) is 44.6 Å². The van der Waals surface area contributed by atoms with Crippen LogP contribution in [0.3, 0.4) is 0 Å². The van der Waals surface area contributed by atoms with Gasteiger partial charge in [-0.25, -0.2) is 4.79 Å². The van der Waals surface area contributed by atoms with E-state index in [0.29, 0.717) is 25.3 Å². The second-order valence-corrected chi connectivity index (χ2v) is 8.27. The van der Waals surface area contributed by atoms with Crippen molar-refractivity contribution in [3.05, 3.63) is 42.0 Å². The van der Waals surface area contributed by atoms with Crippen LogP contribution < -0.4 is 14.4 Å². The third-order valence-corrected chi connectivity index (χ3v) is 5.76. The summed E-state index contributed by atoms with van der Waals surface area (Å²) >= 11 is 0. The molecule has 1 saturated carbocycles. The molecule has 0 N–H and O–H groups in total. The lowest BCUT2D eigenvalue weighted by Crippen LogP contribution is -2.38. The van der Waals surface area contributed by atoms with E-state index in [4.69, 9.17) is 18.9 Å². The van der Waals surface area contributed by atoms with E-state index in [2.05, 4.69) is 21.8 Å². The van der Waals surface area contributed by atoms with Crippen molar-refractivity contribution in [1.29, 1.82) is 0 Å². The Bertz CT molecular complexity index is 896. The number of hydrogen-bond donors (Lipinski definition) is 0.